The number of hydrogen-bond donors (Lipinski definition) is 1. The molecule has 1 saturated heterocycles. The minimum absolute atomic E-state index is 0.138. The predicted octanol–water partition coefficient (Wildman–Crippen LogP) is 2.36. The number of urea groups is 1. The number of furan rings is 1. The summed E-state index contributed by atoms with van der Waals surface area (Å²) < 4.78 is 7.09. The van der Waals surface area contributed by atoms with Crippen molar-refractivity contribution in [3.8, 4) is 17.1 Å². The molecule has 28 heavy (non-hydrogen) atoms. The average Bonchev–Trinajstić information content (AvgIpc) is 3.32. The van der Waals surface area contributed by atoms with Crippen LogP contribution in [0.5, 0.6) is 0 Å². The summed E-state index contributed by atoms with van der Waals surface area (Å²) in [6.45, 7) is 1.96. The van der Waals surface area contributed by atoms with Crippen LogP contribution in [0.2, 0.25) is 0 Å². The molecule has 4 rings (SSSR count). The van der Waals surface area contributed by atoms with Gasteiger partial charge in [-0.05, 0) is 30.7 Å². The standard InChI is InChI=1S/C20H21N5O3/c21-20(27)24-10-5-9-23(11-12-24)19(26)17-14-16(18-8-4-13-28-18)22-25(17)15-6-2-1-3-7-15/h1-4,6-8,13-14H,5,9-12H2,(H2,21,27). The Kier molecular flexibility index (Phi) is 4.84. The maximum absolute atomic E-state index is 13.3. The Morgan fingerprint density at radius 1 is 0.964 bits per heavy atom. The molecule has 0 saturated carbocycles. The van der Waals surface area contributed by atoms with Crippen molar-refractivity contribution in [3.63, 3.8) is 0 Å². The van der Waals surface area contributed by atoms with Gasteiger partial charge in [0.05, 0.1) is 12.0 Å². The van der Waals surface area contributed by atoms with Crippen LogP contribution in [0.1, 0.15) is 16.9 Å². The van der Waals surface area contributed by atoms with E-state index in [4.69, 9.17) is 10.2 Å². The molecule has 8 heteroatoms. The number of benzene rings is 1. The van der Waals surface area contributed by atoms with Gasteiger partial charge in [0, 0.05) is 32.2 Å². The molecule has 1 aliphatic heterocycles. The number of amides is 3. The van der Waals surface area contributed by atoms with Crippen LogP contribution < -0.4 is 5.73 Å². The van der Waals surface area contributed by atoms with Crippen molar-refractivity contribution >= 4 is 11.9 Å². The fourth-order valence-electron chi connectivity index (χ4n) is 3.35. The molecule has 1 aliphatic rings. The topological polar surface area (TPSA) is 97.6 Å². The van der Waals surface area contributed by atoms with E-state index in [0.717, 1.165) is 5.69 Å². The molecule has 0 spiro atoms. The van der Waals surface area contributed by atoms with E-state index >= 15 is 0 Å². The van der Waals surface area contributed by atoms with Crippen LogP contribution in [0.3, 0.4) is 0 Å². The molecule has 0 unspecified atom stereocenters. The highest BCUT2D eigenvalue weighted by molar-refractivity contribution is 5.94. The maximum atomic E-state index is 13.3. The molecule has 2 aromatic heterocycles. The summed E-state index contributed by atoms with van der Waals surface area (Å²) in [6.07, 6.45) is 2.25. The van der Waals surface area contributed by atoms with Crippen LogP contribution in [-0.4, -0.2) is 57.7 Å². The molecule has 144 valence electrons. The Morgan fingerprint density at radius 3 is 2.43 bits per heavy atom. The van der Waals surface area contributed by atoms with Crippen LogP contribution in [0.15, 0.2) is 59.2 Å². The molecule has 0 bridgehead atoms. The molecule has 0 aliphatic carbocycles. The van der Waals surface area contributed by atoms with E-state index in [1.807, 2.05) is 36.4 Å². The van der Waals surface area contributed by atoms with Gasteiger partial charge < -0.3 is 20.0 Å². The minimum Gasteiger partial charge on any atom is -0.463 e. The Hall–Kier alpha value is -3.55. The summed E-state index contributed by atoms with van der Waals surface area (Å²) in [6, 6.07) is 14.4. The SMILES string of the molecule is NC(=O)N1CCCN(C(=O)c2cc(-c3ccco3)nn2-c2ccccc2)CC1. The van der Waals surface area contributed by atoms with Crippen molar-refractivity contribution in [2.24, 2.45) is 5.73 Å². The largest absolute Gasteiger partial charge is 0.463 e. The zero-order valence-corrected chi connectivity index (χ0v) is 15.3. The second-order valence-corrected chi connectivity index (χ2v) is 6.61. The zero-order chi connectivity index (χ0) is 19.5. The van der Waals surface area contributed by atoms with Gasteiger partial charge in [-0.1, -0.05) is 18.2 Å². The molecule has 2 N–H and O–H groups in total. The number of carbonyl (C=O) groups excluding carboxylic acids is 2. The first-order chi connectivity index (χ1) is 13.6. The van der Waals surface area contributed by atoms with Crippen molar-refractivity contribution in [1.82, 2.24) is 19.6 Å². The summed E-state index contributed by atoms with van der Waals surface area (Å²) in [5.41, 5.74) is 7.21. The second kappa shape index (κ2) is 7.59. The summed E-state index contributed by atoms with van der Waals surface area (Å²) >= 11 is 0. The number of aromatic nitrogens is 2. The molecule has 0 atom stereocenters. The van der Waals surface area contributed by atoms with E-state index in [9.17, 15) is 9.59 Å². The van der Waals surface area contributed by atoms with Gasteiger partial charge in [-0.2, -0.15) is 5.10 Å². The van der Waals surface area contributed by atoms with Gasteiger partial charge in [0.2, 0.25) is 0 Å². The lowest BCUT2D eigenvalue weighted by Crippen LogP contribution is -2.40. The molecular weight excluding hydrogens is 358 g/mol. The van der Waals surface area contributed by atoms with Crippen LogP contribution in [0.4, 0.5) is 4.79 Å². The number of para-hydroxylation sites is 1. The molecule has 1 aromatic carbocycles. The number of rotatable bonds is 3. The van der Waals surface area contributed by atoms with E-state index in [-0.39, 0.29) is 5.91 Å². The van der Waals surface area contributed by atoms with E-state index in [0.29, 0.717) is 49.7 Å². The number of nitrogens with two attached hydrogens (primary N) is 1. The molecular formula is C20H21N5O3. The summed E-state index contributed by atoms with van der Waals surface area (Å²) in [7, 11) is 0. The highest BCUT2D eigenvalue weighted by atomic mass is 16.3. The Bertz CT molecular complexity index is 965. The summed E-state index contributed by atoms with van der Waals surface area (Å²) in [4.78, 5) is 28.1. The zero-order valence-electron chi connectivity index (χ0n) is 15.3. The molecule has 0 radical (unpaired) electrons. The molecule has 3 heterocycles. The first kappa shape index (κ1) is 17.8. The van der Waals surface area contributed by atoms with Crippen molar-refractivity contribution < 1.29 is 14.0 Å². The number of hydrogen-bond acceptors (Lipinski definition) is 4. The quantitative estimate of drug-likeness (QED) is 0.755. The first-order valence-corrected chi connectivity index (χ1v) is 9.16. The number of primary amides is 1. The van der Waals surface area contributed by atoms with E-state index in [2.05, 4.69) is 5.10 Å². The molecule has 8 nitrogen and oxygen atoms in total. The summed E-state index contributed by atoms with van der Waals surface area (Å²) in [5, 5.41) is 4.60. The van der Waals surface area contributed by atoms with Crippen molar-refractivity contribution in [2.75, 3.05) is 26.2 Å². The van der Waals surface area contributed by atoms with Gasteiger partial charge in [-0.3, -0.25) is 4.79 Å². The van der Waals surface area contributed by atoms with Crippen molar-refractivity contribution in [1.29, 1.82) is 0 Å². The van der Waals surface area contributed by atoms with Gasteiger partial charge in [-0.25, -0.2) is 9.48 Å². The Balaban J connectivity index is 1.68. The first-order valence-electron chi connectivity index (χ1n) is 9.16. The molecule has 1 fully saturated rings. The van der Waals surface area contributed by atoms with E-state index < -0.39 is 6.03 Å². The van der Waals surface area contributed by atoms with Crippen molar-refractivity contribution in [2.45, 2.75) is 6.42 Å². The van der Waals surface area contributed by atoms with Crippen molar-refractivity contribution in [3.05, 3.63) is 60.5 Å². The van der Waals surface area contributed by atoms with Crippen LogP contribution in [-0.2, 0) is 0 Å². The lowest BCUT2D eigenvalue weighted by molar-refractivity contribution is 0.0753. The van der Waals surface area contributed by atoms with E-state index in [1.165, 1.54) is 0 Å². The lowest BCUT2D eigenvalue weighted by atomic mass is 10.2. The fourth-order valence-corrected chi connectivity index (χ4v) is 3.35. The van der Waals surface area contributed by atoms with Crippen LogP contribution in [0.25, 0.3) is 17.1 Å². The van der Waals surface area contributed by atoms with Gasteiger partial charge in [0.25, 0.3) is 5.91 Å². The number of nitrogens with zero attached hydrogens (tertiary/aromatic N) is 4. The predicted molar refractivity (Wildman–Crippen MR) is 103 cm³/mol. The monoisotopic (exact) mass is 379 g/mol. The van der Waals surface area contributed by atoms with E-state index in [1.54, 1.807) is 32.9 Å². The van der Waals surface area contributed by atoms with Gasteiger partial charge >= 0.3 is 6.03 Å². The molecule has 3 amide bonds. The Morgan fingerprint density at radius 2 is 1.71 bits per heavy atom. The third-order valence-corrected chi connectivity index (χ3v) is 4.80. The highest BCUT2D eigenvalue weighted by Gasteiger charge is 2.26. The average molecular weight is 379 g/mol. The normalized spacial score (nSPS) is 14.7. The minimum atomic E-state index is -0.455. The van der Waals surface area contributed by atoms with Crippen LogP contribution >= 0.6 is 0 Å². The molecule has 3 aromatic rings. The van der Waals surface area contributed by atoms with Crippen LogP contribution in [0, 0.1) is 0 Å². The number of carbonyl (C=O) groups is 2. The van der Waals surface area contributed by atoms with Gasteiger partial charge in [0.1, 0.15) is 11.4 Å². The van der Waals surface area contributed by atoms with Gasteiger partial charge in [-0.15, -0.1) is 0 Å². The third kappa shape index (κ3) is 3.48. The third-order valence-electron chi connectivity index (χ3n) is 4.80. The Labute approximate surface area is 162 Å². The van der Waals surface area contributed by atoms with Gasteiger partial charge in [0.15, 0.2) is 5.76 Å². The smallest absolute Gasteiger partial charge is 0.314 e. The maximum Gasteiger partial charge on any atom is 0.314 e. The highest BCUT2D eigenvalue weighted by Crippen LogP contribution is 2.23. The summed E-state index contributed by atoms with van der Waals surface area (Å²) in [5.74, 6) is 0.458. The second-order valence-electron chi connectivity index (χ2n) is 6.61. The fraction of sp³-hybridized carbons (Fsp3) is 0.250. The lowest BCUT2D eigenvalue weighted by Gasteiger charge is -2.21.